The molecule has 0 radical (unpaired) electrons. The molecule has 9 aromatic rings. The van der Waals surface area contributed by atoms with E-state index in [4.69, 9.17) is 43.9 Å². The summed E-state index contributed by atoms with van der Waals surface area (Å²) in [4.78, 5) is 73.3. The summed E-state index contributed by atoms with van der Waals surface area (Å²) in [7, 11) is 0. The Labute approximate surface area is 555 Å². The number of rotatable bonds is 19. The minimum atomic E-state index is -0.901. The quantitative estimate of drug-likeness (QED) is 0.0341. The Hall–Kier alpha value is -11.2. The first-order chi connectivity index (χ1) is 46.4. The van der Waals surface area contributed by atoms with E-state index in [0.717, 1.165) is 64.9 Å². The van der Waals surface area contributed by atoms with Crippen molar-refractivity contribution in [2.24, 2.45) is 17.2 Å². The maximum atomic E-state index is 15.1. The summed E-state index contributed by atoms with van der Waals surface area (Å²) in [5.41, 5.74) is 40.0. The number of nitrogens with one attached hydrogen (secondary N) is 3. The molecule has 2 aliphatic rings. The number of primary amides is 3. The highest BCUT2D eigenvalue weighted by Gasteiger charge is 2.32. The summed E-state index contributed by atoms with van der Waals surface area (Å²) in [6.07, 6.45) is 2.92. The fourth-order valence-corrected chi connectivity index (χ4v) is 11.2. The van der Waals surface area contributed by atoms with Crippen molar-refractivity contribution >= 4 is 52.9 Å². The first kappa shape index (κ1) is 70.1. The smallest absolute Gasteiger partial charge is 0.254 e. The van der Waals surface area contributed by atoms with Gasteiger partial charge >= 0.3 is 0 Å². The van der Waals surface area contributed by atoms with Crippen LogP contribution in [0.5, 0.6) is 0 Å². The molecular formula is C70H75F4N15O8. The van der Waals surface area contributed by atoms with Crippen LogP contribution in [0.1, 0.15) is 153 Å². The number of hydrogen-bond acceptors (Lipinski definition) is 14. The number of nitrogens with two attached hydrogens (primary N) is 6. The number of carbonyl (C=O) groups is 6. The van der Waals surface area contributed by atoms with Crippen LogP contribution in [0.15, 0.2) is 121 Å². The predicted octanol–water partition coefficient (Wildman–Crippen LogP) is 9.25. The van der Waals surface area contributed by atoms with E-state index in [1.165, 1.54) is 9.36 Å². The second-order valence-electron chi connectivity index (χ2n) is 23.4. The maximum absolute atomic E-state index is 15.1. The van der Waals surface area contributed by atoms with Crippen molar-refractivity contribution in [3.8, 4) is 33.8 Å². The van der Waals surface area contributed by atoms with E-state index in [0.29, 0.717) is 68.2 Å². The SMILES string of the molecule is CCC(C)n1nc(-c2ccc(CNC(=O)c3ccccc3C)cc2)c(C(N)=O)c1N.Cc1ccccc1C(=O)NCc1cc(F)c(-c2nn(C3CCCOC3)c(N)c2C(N)=O)cc1F.Cc1ccccc1C(=O)NCc1cc(F)c(-c2nn(C3CCOC3)c(N)c2C(N)=O)cc1F. The molecular weight excluding hydrogens is 1250 g/mol. The molecule has 3 unspecified atom stereocenters. The van der Waals surface area contributed by atoms with Crippen molar-refractivity contribution in [2.75, 3.05) is 43.6 Å². The first-order valence-electron chi connectivity index (χ1n) is 31.1. The molecule has 2 saturated heterocycles. The number of benzene rings is 6. The number of aromatic nitrogens is 6. The fraction of sp³-hybridized carbons (Fsp3) is 0.271. The molecule has 11 rings (SSSR count). The molecule has 6 amide bonds. The van der Waals surface area contributed by atoms with Gasteiger partial charge in [0.2, 0.25) is 0 Å². The summed E-state index contributed by atoms with van der Waals surface area (Å²) < 4.78 is 75.1. The third-order valence-electron chi connectivity index (χ3n) is 16.8. The van der Waals surface area contributed by atoms with Crippen molar-refractivity contribution in [3.05, 3.63) is 211 Å². The van der Waals surface area contributed by atoms with Crippen LogP contribution in [0.2, 0.25) is 0 Å². The largest absolute Gasteiger partial charge is 0.383 e. The molecule has 23 nitrogen and oxygen atoms in total. The molecule has 3 aromatic heterocycles. The molecule has 2 aliphatic heterocycles. The van der Waals surface area contributed by atoms with Gasteiger partial charge in [-0.15, -0.1) is 0 Å². The Bertz CT molecular complexity index is 4440. The molecule has 97 heavy (non-hydrogen) atoms. The maximum Gasteiger partial charge on any atom is 0.254 e. The van der Waals surface area contributed by atoms with Crippen molar-refractivity contribution in [2.45, 2.75) is 98.1 Å². The van der Waals surface area contributed by atoms with Crippen LogP contribution in [0.25, 0.3) is 33.8 Å². The number of nitrogen functional groups attached to an aromatic ring is 3. The van der Waals surface area contributed by atoms with E-state index in [1.807, 2.05) is 63.2 Å². The zero-order valence-corrected chi connectivity index (χ0v) is 54.0. The van der Waals surface area contributed by atoms with Gasteiger partial charge in [0.1, 0.15) is 74.5 Å². The summed E-state index contributed by atoms with van der Waals surface area (Å²) in [6.45, 7) is 11.2. The van der Waals surface area contributed by atoms with E-state index in [-0.39, 0.29) is 105 Å². The second-order valence-corrected chi connectivity index (χ2v) is 23.4. The average Bonchev–Trinajstić information content (AvgIpc) is 1.65. The molecule has 6 aromatic carbocycles. The topological polar surface area (TPSA) is 367 Å². The number of ether oxygens (including phenoxy) is 2. The number of carbonyl (C=O) groups excluding carboxylic acids is 6. The Morgan fingerprint density at radius 3 is 1.31 bits per heavy atom. The molecule has 27 heteroatoms. The minimum Gasteiger partial charge on any atom is -0.383 e. The lowest BCUT2D eigenvalue weighted by Crippen LogP contribution is -2.24. The molecule has 3 atom stereocenters. The van der Waals surface area contributed by atoms with E-state index in [1.54, 1.807) is 73.1 Å². The van der Waals surface area contributed by atoms with Crippen LogP contribution in [-0.2, 0) is 29.1 Å². The first-order valence-corrected chi connectivity index (χ1v) is 31.1. The monoisotopic (exact) mass is 1330 g/mol. The standard InChI is InChI=1S/C24H25F2N5O3.C23H23F2N5O3.C23H27N5O2/c1-13-5-2-3-7-16(13)24(33)29-11-14-9-19(26)17(10-18(14)25)21-20(23(28)32)22(27)31(30-21)15-6-4-8-34-12-15;1-12-4-2-3-5-15(12)23(32)28-10-13-8-18(25)16(9-17(13)24)20-19(22(27)31)21(26)30(29-20)14-6-7-33-11-14;1-4-15(3)28-21(24)19(22(25)29)20(27-28)17-11-9-16(10-12-17)13-26-23(30)18-8-6-5-7-14(18)2/h2-3,5,7,9-10,15H,4,6,8,11-12,27H2,1H3,(H2,28,32)(H,29,33);2-5,8-9,14H,6-7,10-11,26H2,1H3,(H2,27,31)(H,28,32);5-12,15H,4,13,24H2,1-3H3,(H2,25,29)(H,26,30). The van der Waals surface area contributed by atoms with E-state index in [2.05, 4.69) is 31.2 Å². The van der Waals surface area contributed by atoms with Gasteiger partial charge in [-0.3, -0.25) is 28.8 Å². The van der Waals surface area contributed by atoms with E-state index >= 15 is 8.78 Å². The minimum absolute atomic E-state index is 0.0209. The van der Waals surface area contributed by atoms with Crippen LogP contribution < -0.4 is 50.4 Å². The molecule has 506 valence electrons. The van der Waals surface area contributed by atoms with Crippen LogP contribution in [0.3, 0.4) is 0 Å². The Morgan fingerprint density at radius 2 is 0.918 bits per heavy atom. The number of hydrogen-bond donors (Lipinski definition) is 9. The van der Waals surface area contributed by atoms with E-state index in [9.17, 15) is 37.5 Å². The predicted molar refractivity (Wildman–Crippen MR) is 357 cm³/mol. The fourth-order valence-electron chi connectivity index (χ4n) is 11.2. The van der Waals surface area contributed by atoms with Crippen LogP contribution in [0.4, 0.5) is 35.0 Å². The zero-order chi connectivity index (χ0) is 69.9. The van der Waals surface area contributed by atoms with Crippen molar-refractivity contribution < 1.29 is 55.8 Å². The van der Waals surface area contributed by atoms with Gasteiger partial charge in [-0.05, 0) is 118 Å². The third-order valence-corrected chi connectivity index (χ3v) is 16.8. The molecule has 0 bridgehead atoms. The normalized spacial score (nSPS) is 14.5. The van der Waals surface area contributed by atoms with Gasteiger partial charge in [-0.2, -0.15) is 15.3 Å². The lowest BCUT2D eigenvalue weighted by atomic mass is 10.0. The highest BCUT2D eigenvalue weighted by Crippen LogP contribution is 2.37. The van der Waals surface area contributed by atoms with Gasteiger partial charge in [0.15, 0.2) is 0 Å². The molecule has 15 N–H and O–H groups in total. The molecule has 0 spiro atoms. The number of nitrogens with zero attached hydrogens (tertiary/aromatic N) is 6. The molecule has 0 aliphatic carbocycles. The Balaban J connectivity index is 0.000000171. The van der Waals surface area contributed by atoms with Gasteiger partial charge in [0, 0.05) is 77.4 Å². The highest BCUT2D eigenvalue weighted by atomic mass is 19.1. The summed E-state index contributed by atoms with van der Waals surface area (Å²) in [5, 5.41) is 21.2. The lowest BCUT2D eigenvalue weighted by molar-refractivity contribution is 0.0558. The number of aryl methyl sites for hydroxylation is 3. The van der Waals surface area contributed by atoms with E-state index < -0.39 is 52.8 Å². The van der Waals surface area contributed by atoms with Crippen molar-refractivity contribution in [3.63, 3.8) is 0 Å². The zero-order valence-electron chi connectivity index (χ0n) is 54.0. The number of amides is 6. The second kappa shape index (κ2) is 30.9. The number of halogens is 4. The van der Waals surface area contributed by atoms with Crippen molar-refractivity contribution in [1.29, 1.82) is 0 Å². The summed E-state index contributed by atoms with van der Waals surface area (Å²) >= 11 is 0. The molecule has 0 saturated carbocycles. The molecule has 2 fully saturated rings. The highest BCUT2D eigenvalue weighted by molar-refractivity contribution is 6.05. The number of anilines is 3. The van der Waals surface area contributed by atoms with Crippen molar-refractivity contribution in [1.82, 2.24) is 45.3 Å². The van der Waals surface area contributed by atoms with Gasteiger partial charge in [0.25, 0.3) is 35.4 Å². The van der Waals surface area contributed by atoms with Crippen LogP contribution in [-0.4, -0.2) is 91.2 Å². The van der Waals surface area contributed by atoms with Gasteiger partial charge in [-0.25, -0.2) is 31.6 Å². The summed E-state index contributed by atoms with van der Waals surface area (Å²) in [6, 6.07) is 32.2. The molecule has 5 heterocycles. The van der Waals surface area contributed by atoms with Gasteiger partial charge in [0.05, 0.1) is 31.3 Å². The van der Waals surface area contributed by atoms with Crippen LogP contribution >= 0.6 is 0 Å². The summed E-state index contributed by atoms with van der Waals surface area (Å²) in [5.74, 6) is -6.30. The lowest BCUT2D eigenvalue weighted by Gasteiger charge is -2.23. The Morgan fingerprint density at radius 1 is 0.515 bits per heavy atom. The van der Waals surface area contributed by atoms with Gasteiger partial charge in [-0.1, -0.05) is 85.8 Å². The Kier molecular flexibility index (Phi) is 22.4. The average molecular weight is 1330 g/mol. The van der Waals surface area contributed by atoms with Gasteiger partial charge < -0.3 is 59.8 Å². The third kappa shape index (κ3) is 15.8. The van der Waals surface area contributed by atoms with Crippen LogP contribution in [0, 0.1) is 44.0 Å².